The summed E-state index contributed by atoms with van der Waals surface area (Å²) in [5.41, 5.74) is 0.396. The Morgan fingerprint density at radius 3 is 2.26 bits per heavy atom. The average Bonchev–Trinajstić information content (AvgIpc) is 4.03. The van der Waals surface area contributed by atoms with Crippen LogP contribution in [0.3, 0.4) is 0 Å². The highest BCUT2D eigenvalue weighted by molar-refractivity contribution is 7.89. The second kappa shape index (κ2) is 17.7. The fourth-order valence-electron chi connectivity index (χ4n) is 7.04. The molecule has 1 aliphatic carbocycles. The highest BCUT2D eigenvalue weighted by atomic mass is 35.5. The van der Waals surface area contributed by atoms with Gasteiger partial charge >= 0.3 is 18.6 Å². The molecule has 8 rings (SSSR count). The molecule has 3 aromatic carbocycles. The van der Waals surface area contributed by atoms with E-state index in [0.717, 1.165) is 69.4 Å². The zero-order valence-corrected chi connectivity index (χ0v) is 33.0. The second-order valence-electron chi connectivity index (χ2n) is 14.5. The molecular formula is C40H38Cl2F3N3O9S. The summed E-state index contributed by atoms with van der Waals surface area (Å²) in [4.78, 5) is 29.3. The van der Waals surface area contributed by atoms with Gasteiger partial charge in [-0.05, 0) is 104 Å². The summed E-state index contributed by atoms with van der Waals surface area (Å²) in [6.07, 6.45) is 3.73. The minimum atomic E-state index is -4.56. The number of aromatic nitrogens is 1. The first-order valence-corrected chi connectivity index (χ1v) is 20.8. The quantitative estimate of drug-likeness (QED) is 0.0713. The molecule has 1 aromatic heterocycles. The lowest BCUT2D eigenvalue weighted by molar-refractivity contribution is -0.605. The number of halogens is 5. The first kappa shape index (κ1) is 41.5. The number of rotatable bonds is 16. The van der Waals surface area contributed by atoms with Crippen LogP contribution in [0.1, 0.15) is 64.9 Å². The maximum atomic E-state index is 13.9. The molecule has 0 amide bonds. The van der Waals surface area contributed by atoms with Crippen LogP contribution in [0, 0.1) is 22.9 Å². The van der Waals surface area contributed by atoms with Crippen molar-refractivity contribution in [2.24, 2.45) is 11.8 Å². The van der Waals surface area contributed by atoms with Gasteiger partial charge in [0.05, 0.1) is 17.1 Å². The van der Waals surface area contributed by atoms with Crippen LogP contribution >= 0.6 is 23.2 Å². The number of alkyl halides is 2. The van der Waals surface area contributed by atoms with Gasteiger partial charge in [0.15, 0.2) is 23.9 Å². The van der Waals surface area contributed by atoms with E-state index in [2.05, 4.69) is 14.4 Å². The predicted molar refractivity (Wildman–Crippen MR) is 204 cm³/mol. The number of esters is 2. The fraction of sp³-hybridized carbons (Fsp3) is 0.375. The van der Waals surface area contributed by atoms with E-state index in [4.69, 9.17) is 37.4 Å². The molecule has 2 bridgehead atoms. The summed E-state index contributed by atoms with van der Waals surface area (Å²) >= 11 is 12.8. The van der Waals surface area contributed by atoms with E-state index < -0.39 is 57.5 Å². The Morgan fingerprint density at radius 2 is 1.62 bits per heavy atom. The van der Waals surface area contributed by atoms with Crippen molar-refractivity contribution in [2.75, 3.05) is 26.2 Å². The van der Waals surface area contributed by atoms with Crippen LogP contribution < -0.4 is 18.9 Å². The molecule has 12 nitrogen and oxygen atoms in total. The number of carbonyl (C=O) groups is 2. The third-order valence-corrected chi connectivity index (χ3v) is 12.5. The molecule has 308 valence electrons. The van der Waals surface area contributed by atoms with Crippen molar-refractivity contribution >= 4 is 45.2 Å². The Hall–Kier alpha value is -4.61. The number of hydrogen-bond acceptors (Lipinski definition) is 10. The van der Waals surface area contributed by atoms with Crippen molar-refractivity contribution in [1.29, 1.82) is 0 Å². The SMILES string of the molecule is O=C(OC(Cc1c(Cl)c[n+]([O-])cc1Cl)c1ccc(OC(F)F)c(OCC2CC2)c1)c1cccc(S(=O)(=O)NC(C(=O)O[C@H]2CN3CCC2CC3)c2ccc(F)cc2)c1. The molecule has 4 aliphatic rings. The lowest BCUT2D eigenvalue weighted by Crippen LogP contribution is -2.52. The van der Waals surface area contributed by atoms with Crippen molar-refractivity contribution in [2.45, 2.75) is 61.9 Å². The van der Waals surface area contributed by atoms with Gasteiger partial charge in [0.25, 0.3) is 0 Å². The first-order chi connectivity index (χ1) is 27.7. The molecule has 4 heterocycles. The van der Waals surface area contributed by atoms with E-state index in [-0.39, 0.29) is 68.7 Å². The Bertz CT molecular complexity index is 2240. The van der Waals surface area contributed by atoms with Gasteiger partial charge in [0, 0.05) is 18.5 Å². The third kappa shape index (κ3) is 10.1. The van der Waals surface area contributed by atoms with Gasteiger partial charge in [-0.3, -0.25) is 4.90 Å². The first-order valence-electron chi connectivity index (χ1n) is 18.5. The van der Waals surface area contributed by atoms with Crippen LogP contribution in [-0.2, 0) is 30.7 Å². The minimum absolute atomic E-state index is 0.0321. The van der Waals surface area contributed by atoms with Gasteiger partial charge in [-0.1, -0.05) is 47.5 Å². The molecular weight excluding hydrogens is 826 g/mol. The molecule has 2 unspecified atom stereocenters. The van der Waals surface area contributed by atoms with Gasteiger partial charge in [0.1, 0.15) is 34.1 Å². The number of fused-ring (bicyclic) bond motifs is 3. The van der Waals surface area contributed by atoms with Crippen LogP contribution in [-0.4, -0.2) is 64.2 Å². The summed E-state index contributed by atoms with van der Waals surface area (Å²) < 4.78 is 93.5. The normalized spacial score (nSPS) is 20.0. The number of hydrogen-bond donors (Lipinski definition) is 1. The summed E-state index contributed by atoms with van der Waals surface area (Å²) in [6, 6.07) is 12.1. The second-order valence-corrected chi connectivity index (χ2v) is 17.0. The standard InChI is InChI=1S/C40H38Cl2F3N3O9S/c41-31-19-48(51)20-32(42)30(31)18-34(26-8-11-33(57-40(44)45)35(17-26)54-22-23-4-5-23)55-38(49)27-2-1-3-29(16-27)58(52,53)46-37(25-6-9-28(43)10-7-25)39(50)56-36-21-47-14-12-24(36)13-15-47/h1-3,6-11,16-17,19-20,23-24,34,36-37,40,46H,4-5,12-15,18,21-22H2/t34?,36-,37?/m0/s1. The van der Waals surface area contributed by atoms with Crippen LogP contribution in [0.25, 0.3) is 0 Å². The molecule has 0 radical (unpaired) electrons. The van der Waals surface area contributed by atoms with Crippen LogP contribution in [0.15, 0.2) is 84.0 Å². The maximum absolute atomic E-state index is 13.9. The molecule has 1 saturated carbocycles. The predicted octanol–water partition coefficient (Wildman–Crippen LogP) is 6.95. The number of nitrogens with zero attached hydrogens (tertiary/aromatic N) is 2. The maximum Gasteiger partial charge on any atom is 0.387 e. The van der Waals surface area contributed by atoms with Crippen LogP contribution in [0.2, 0.25) is 10.0 Å². The van der Waals surface area contributed by atoms with Crippen molar-refractivity contribution in [3.8, 4) is 11.5 Å². The molecule has 4 fully saturated rings. The van der Waals surface area contributed by atoms with Gasteiger partial charge in [0.2, 0.25) is 10.0 Å². The van der Waals surface area contributed by atoms with Crippen molar-refractivity contribution < 1.29 is 54.9 Å². The summed E-state index contributed by atoms with van der Waals surface area (Å²) in [6.45, 7) is -0.612. The topological polar surface area (TPSA) is 147 Å². The number of ether oxygens (including phenoxy) is 4. The van der Waals surface area contributed by atoms with E-state index in [1.807, 2.05) is 0 Å². The lowest BCUT2D eigenvalue weighted by atomic mass is 9.86. The van der Waals surface area contributed by atoms with Gasteiger partial charge < -0.3 is 24.2 Å². The van der Waals surface area contributed by atoms with Gasteiger partial charge in [-0.2, -0.15) is 18.2 Å². The Morgan fingerprint density at radius 1 is 0.931 bits per heavy atom. The number of nitrogens with one attached hydrogen (secondary N) is 1. The van der Waals surface area contributed by atoms with Crippen LogP contribution in [0.5, 0.6) is 11.5 Å². The molecule has 58 heavy (non-hydrogen) atoms. The summed E-state index contributed by atoms with van der Waals surface area (Å²) in [5, 5.41) is 11.9. The zero-order valence-electron chi connectivity index (χ0n) is 30.7. The van der Waals surface area contributed by atoms with E-state index in [1.165, 1.54) is 48.5 Å². The average molecular weight is 865 g/mol. The molecule has 0 spiro atoms. The van der Waals surface area contributed by atoms with Crippen molar-refractivity contribution in [1.82, 2.24) is 9.62 Å². The highest BCUT2D eigenvalue weighted by Gasteiger charge is 2.39. The zero-order chi connectivity index (χ0) is 41.1. The highest BCUT2D eigenvalue weighted by Crippen LogP contribution is 2.38. The largest absolute Gasteiger partial charge is 0.619 e. The van der Waals surface area contributed by atoms with Gasteiger partial charge in [-0.25, -0.2) is 22.4 Å². The van der Waals surface area contributed by atoms with Crippen LogP contribution in [0.4, 0.5) is 13.2 Å². The van der Waals surface area contributed by atoms with Crippen molar-refractivity contribution in [3.63, 3.8) is 0 Å². The number of benzene rings is 3. The molecule has 4 aromatic rings. The molecule has 3 atom stereocenters. The lowest BCUT2D eigenvalue weighted by Gasteiger charge is -2.44. The van der Waals surface area contributed by atoms with Gasteiger partial charge in [-0.15, -0.1) is 0 Å². The molecule has 1 N–H and O–H groups in total. The van der Waals surface area contributed by atoms with E-state index in [1.54, 1.807) is 0 Å². The van der Waals surface area contributed by atoms with E-state index in [9.17, 15) is 36.4 Å². The third-order valence-electron chi connectivity index (χ3n) is 10.4. The molecule has 3 saturated heterocycles. The number of carbonyl (C=O) groups excluding carboxylic acids is 2. The van der Waals surface area contributed by atoms with Crippen molar-refractivity contribution in [3.05, 3.63) is 122 Å². The Balaban J connectivity index is 1.16. The number of sulfonamides is 1. The fourth-order valence-corrected chi connectivity index (χ4v) is 8.86. The monoisotopic (exact) mass is 863 g/mol. The number of piperidine rings is 3. The summed E-state index contributed by atoms with van der Waals surface area (Å²) in [7, 11) is -4.56. The molecule has 3 aliphatic heterocycles. The Labute approximate surface area is 342 Å². The van der Waals surface area contributed by atoms with E-state index in [0.29, 0.717) is 11.3 Å². The smallest absolute Gasteiger partial charge is 0.387 e. The minimum Gasteiger partial charge on any atom is -0.619 e. The number of pyridine rings is 1. The Kier molecular flexibility index (Phi) is 12.7. The molecule has 18 heteroatoms. The summed E-state index contributed by atoms with van der Waals surface area (Å²) in [5.74, 6) is -2.36. The van der Waals surface area contributed by atoms with E-state index >= 15 is 0 Å².